The minimum Gasteiger partial charge on any atom is -0.465 e. The van der Waals surface area contributed by atoms with E-state index in [9.17, 15) is 9.59 Å². The molecule has 1 aliphatic heterocycles. The van der Waals surface area contributed by atoms with Crippen molar-refractivity contribution in [1.82, 2.24) is 4.90 Å². The van der Waals surface area contributed by atoms with E-state index in [1.165, 1.54) is 29.7 Å². The molecule has 138 valence electrons. The fraction of sp³-hybridized carbons (Fsp3) is 0.368. The normalized spacial score (nSPS) is 17.1. The predicted octanol–water partition coefficient (Wildman–Crippen LogP) is 3.59. The van der Waals surface area contributed by atoms with Gasteiger partial charge in [0, 0.05) is 31.4 Å². The highest BCUT2D eigenvalue weighted by Crippen LogP contribution is 2.25. The van der Waals surface area contributed by atoms with Crippen molar-refractivity contribution in [3.63, 3.8) is 0 Å². The zero-order valence-corrected chi connectivity index (χ0v) is 16.0. The van der Waals surface area contributed by atoms with Gasteiger partial charge < -0.3 is 19.9 Å². The Hall–Kier alpha value is -2.54. The number of piperazine rings is 1. The smallest absolute Gasteiger partial charge is 0.350 e. The van der Waals surface area contributed by atoms with Gasteiger partial charge in [0.2, 0.25) is 0 Å². The maximum Gasteiger partial charge on any atom is 0.350 e. The molecular formula is C19H23N3O3S. The number of hydrogen-bond donors (Lipinski definition) is 1. The van der Waals surface area contributed by atoms with E-state index in [0.29, 0.717) is 23.7 Å². The molecule has 0 radical (unpaired) electrons. The fourth-order valence-electron chi connectivity index (χ4n) is 3.11. The first-order chi connectivity index (χ1) is 12.5. The zero-order chi connectivity index (χ0) is 18.7. The number of ether oxygens (including phenoxy) is 1. The molecule has 1 saturated heterocycles. The van der Waals surface area contributed by atoms with Crippen LogP contribution in [0.4, 0.5) is 16.2 Å². The van der Waals surface area contributed by atoms with Crippen molar-refractivity contribution < 1.29 is 14.3 Å². The van der Waals surface area contributed by atoms with Crippen LogP contribution in [0.15, 0.2) is 35.7 Å². The van der Waals surface area contributed by atoms with Crippen molar-refractivity contribution in [3.05, 3.63) is 46.2 Å². The van der Waals surface area contributed by atoms with Crippen molar-refractivity contribution >= 4 is 34.7 Å². The summed E-state index contributed by atoms with van der Waals surface area (Å²) in [6, 6.07) is 10.2. The molecule has 2 aromatic rings. The van der Waals surface area contributed by atoms with Crippen LogP contribution < -0.4 is 10.2 Å². The molecular weight excluding hydrogens is 350 g/mol. The monoisotopic (exact) mass is 373 g/mol. The molecule has 1 N–H and O–H groups in total. The molecule has 26 heavy (non-hydrogen) atoms. The summed E-state index contributed by atoms with van der Waals surface area (Å²) >= 11 is 1.25. The molecule has 0 aliphatic carbocycles. The second-order valence-electron chi connectivity index (χ2n) is 6.41. The number of carbonyl (C=O) groups excluding carboxylic acids is 2. The Kier molecular flexibility index (Phi) is 5.46. The van der Waals surface area contributed by atoms with Gasteiger partial charge in [-0.25, -0.2) is 9.59 Å². The molecule has 0 bridgehead atoms. The predicted molar refractivity (Wildman–Crippen MR) is 104 cm³/mol. The molecule has 3 rings (SSSR count). The second kappa shape index (κ2) is 7.78. The van der Waals surface area contributed by atoms with Gasteiger partial charge in [-0.05, 0) is 37.4 Å². The van der Waals surface area contributed by atoms with Gasteiger partial charge >= 0.3 is 12.0 Å². The van der Waals surface area contributed by atoms with Crippen LogP contribution >= 0.6 is 11.3 Å². The van der Waals surface area contributed by atoms with Crippen LogP contribution in [0.2, 0.25) is 0 Å². The highest BCUT2D eigenvalue weighted by molar-refractivity contribution is 7.12. The van der Waals surface area contributed by atoms with Gasteiger partial charge in [0.15, 0.2) is 0 Å². The first-order valence-corrected chi connectivity index (χ1v) is 9.42. The summed E-state index contributed by atoms with van der Waals surface area (Å²) in [6.07, 6.45) is 0. The fourth-order valence-corrected chi connectivity index (χ4v) is 3.88. The summed E-state index contributed by atoms with van der Waals surface area (Å²) in [5.41, 5.74) is 2.91. The zero-order valence-electron chi connectivity index (χ0n) is 15.2. The minimum atomic E-state index is -0.437. The lowest BCUT2D eigenvalue weighted by atomic mass is 10.1. The van der Waals surface area contributed by atoms with E-state index in [0.717, 1.165) is 6.54 Å². The van der Waals surface area contributed by atoms with Crippen molar-refractivity contribution in [2.75, 3.05) is 37.0 Å². The van der Waals surface area contributed by atoms with Crippen LogP contribution in [0, 0.1) is 6.92 Å². The van der Waals surface area contributed by atoms with Crippen LogP contribution in [0.1, 0.15) is 22.2 Å². The third-order valence-corrected chi connectivity index (χ3v) is 5.45. The van der Waals surface area contributed by atoms with Gasteiger partial charge in [-0.15, -0.1) is 11.3 Å². The summed E-state index contributed by atoms with van der Waals surface area (Å²) in [5.74, 6) is -0.437. The van der Waals surface area contributed by atoms with Gasteiger partial charge in [-0.1, -0.05) is 17.7 Å². The Morgan fingerprint density at radius 1 is 1.19 bits per heavy atom. The van der Waals surface area contributed by atoms with Gasteiger partial charge in [0.25, 0.3) is 0 Å². The number of methoxy groups -OCH3 is 1. The van der Waals surface area contributed by atoms with Crippen LogP contribution in [0.25, 0.3) is 0 Å². The third kappa shape index (κ3) is 3.83. The van der Waals surface area contributed by atoms with Crippen molar-refractivity contribution in [2.45, 2.75) is 19.9 Å². The number of aryl methyl sites for hydroxylation is 1. The number of amides is 2. The lowest BCUT2D eigenvalue weighted by molar-refractivity contribution is 0.0607. The largest absolute Gasteiger partial charge is 0.465 e. The van der Waals surface area contributed by atoms with Crippen LogP contribution in [-0.2, 0) is 4.74 Å². The average Bonchev–Trinajstić information content (AvgIpc) is 3.10. The number of thiophene rings is 1. The number of nitrogens with zero attached hydrogens (tertiary/aromatic N) is 2. The third-order valence-electron chi connectivity index (χ3n) is 4.56. The lowest BCUT2D eigenvalue weighted by Gasteiger charge is -2.41. The summed E-state index contributed by atoms with van der Waals surface area (Å²) in [4.78, 5) is 28.9. The standard InChI is InChI=1S/C19H23N3O3S/c1-13-4-6-15(7-5-13)22-10-9-21(12-14(22)2)19(24)20-16-8-11-26-17(16)18(23)25-3/h4-8,11,14H,9-10,12H2,1-3H3,(H,20,24)/t14-/m1/s1. The van der Waals surface area contributed by atoms with Gasteiger partial charge in [-0.2, -0.15) is 0 Å². The molecule has 0 saturated carbocycles. The molecule has 1 aromatic heterocycles. The molecule has 2 amide bonds. The van der Waals surface area contributed by atoms with Gasteiger partial charge in [-0.3, -0.25) is 0 Å². The number of anilines is 2. The van der Waals surface area contributed by atoms with E-state index < -0.39 is 5.97 Å². The highest BCUT2D eigenvalue weighted by Gasteiger charge is 2.27. The quantitative estimate of drug-likeness (QED) is 0.836. The van der Waals surface area contributed by atoms with Crippen LogP contribution in [0.3, 0.4) is 0 Å². The Labute approximate surface area is 157 Å². The number of benzene rings is 1. The van der Waals surface area contributed by atoms with E-state index in [1.807, 2.05) is 0 Å². The van der Waals surface area contributed by atoms with Crippen molar-refractivity contribution in [3.8, 4) is 0 Å². The Morgan fingerprint density at radius 3 is 2.58 bits per heavy atom. The number of nitrogens with one attached hydrogen (secondary N) is 1. The number of esters is 1. The number of carbonyl (C=O) groups is 2. The maximum absolute atomic E-state index is 12.6. The Morgan fingerprint density at radius 2 is 1.92 bits per heavy atom. The van der Waals surface area contributed by atoms with Crippen molar-refractivity contribution in [2.24, 2.45) is 0 Å². The van der Waals surface area contributed by atoms with E-state index in [2.05, 4.69) is 48.3 Å². The lowest BCUT2D eigenvalue weighted by Crippen LogP contribution is -2.54. The van der Waals surface area contributed by atoms with E-state index in [-0.39, 0.29) is 12.1 Å². The molecule has 6 nitrogen and oxygen atoms in total. The molecule has 0 unspecified atom stereocenters. The topological polar surface area (TPSA) is 61.9 Å². The number of hydrogen-bond acceptors (Lipinski definition) is 5. The molecule has 7 heteroatoms. The van der Waals surface area contributed by atoms with E-state index >= 15 is 0 Å². The SMILES string of the molecule is COC(=O)c1sccc1NC(=O)N1CCN(c2ccc(C)cc2)[C@H](C)C1. The summed E-state index contributed by atoms with van der Waals surface area (Å²) in [6.45, 7) is 6.20. The van der Waals surface area contributed by atoms with Crippen LogP contribution in [-0.4, -0.2) is 49.7 Å². The van der Waals surface area contributed by atoms with Crippen LogP contribution in [0.5, 0.6) is 0 Å². The maximum atomic E-state index is 12.6. The summed E-state index contributed by atoms with van der Waals surface area (Å²) in [7, 11) is 1.33. The highest BCUT2D eigenvalue weighted by atomic mass is 32.1. The van der Waals surface area contributed by atoms with E-state index in [4.69, 9.17) is 4.74 Å². The Balaban J connectivity index is 1.63. The van der Waals surface area contributed by atoms with Gasteiger partial charge in [0.05, 0.1) is 12.8 Å². The molecule has 1 aliphatic rings. The average molecular weight is 373 g/mol. The number of rotatable bonds is 3. The van der Waals surface area contributed by atoms with E-state index in [1.54, 1.807) is 16.3 Å². The molecule has 0 spiro atoms. The molecule has 2 heterocycles. The minimum absolute atomic E-state index is 0.191. The molecule has 1 atom stereocenters. The molecule has 1 fully saturated rings. The first kappa shape index (κ1) is 18.3. The molecule has 1 aromatic carbocycles. The summed E-state index contributed by atoms with van der Waals surface area (Å²) in [5, 5.41) is 4.60. The van der Waals surface area contributed by atoms with Crippen molar-refractivity contribution in [1.29, 1.82) is 0 Å². The first-order valence-electron chi connectivity index (χ1n) is 8.54. The Bertz CT molecular complexity index is 788. The second-order valence-corrected chi connectivity index (χ2v) is 7.33. The van der Waals surface area contributed by atoms with Gasteiger partial charge in [0.1, 0.15) is 4.88 Å². The number of urea groups is 1. The summed E-state index contributed by atoms with van der Waals surface area (Å²) < 4.78 is 4.75.